The van der Waals surface area contributed by atoms with Crippen LogP contribution in [0.15, 0.2) is 60.7 Å². The number of fused-ring (bicyclic) bond motifs is 1. The summed E-state index contributed by atoms with van der Waals surface area (Å²) in [7, 11) is 0. The molecule has 5 rings (SSSR count). The maximum absolute atomic E-state index is 12.6. The summed E-state index contributed by atoms with van der Waals surface area (Å²) in [5.41, 5.74) is 6.69. The number of carbonyl (C=O) groups excluding carboxylic acids is 1. The second-order valence-electron chi connectivity index (χ2n) is 10.8. The van der Waals surface area contributed by atoms with Crippen molar-refractivity contribution in [3.05, 3.63) is 77.6 Å². The average Bonchev–Trinajstić information content (AvgIpc) is 3.30. The van der Waals surface area contributed by atoms with E-state index in [1.165, 1.54) is 19.3 Å². The van der Waals surface area contributed by atoms with Gasteiger partial charge in [-0.3, -0.25) is 4.79 Å². The smallest absolute Gasteiger partial charge is 0.449 e. The Bertz CT molecular complexity index is 1520. The first-order chi connectivity index (χ1) is 19.9. The second-order valence-corrected chi connectivity index (χ2v) is 10.8. The van der Waals surface area contributed by atoms with Crippen molar-refractivity contribution in [3.8, 4) is 16.9 Å². The number of hydrogen-bond donors (Lipinski definition) is 3. The third kappa shape index (κ3) is 6.88. The van der Waals surface area contributed by atoms with E-state index < -0.39 is 6.16 Å². The number of anilines is 1. The first-order valence-electron chi connectivity index (χ1n) is 14.5. The molecule has 214 valence electrons. The van der Waals surface area contributed by atoms with Gasteiger partial charge in [-0.1, -0.05) is 68.7 Å². The number of hydrogen-bond acceptors (Lipinski definition) is 5. The summed E-state index contributed by atoms with van der Waals surface area (Å²) < 4.78 is 7.23. The van der Waals surface area contributed by atoms with Gasteiger partial charge in [0.15, 0.2) is 0 Å². The summed E-state index contributed by atoms with van der Waals surface area (Å²) >= 11 is 0. The minimum Gasteiger partial charge on any atom is -0.449 e. The average molecular weight is 555 g/mol. The van der Waals surface area contributed by atoms with Crippen molar-refractivity contribution in [1.82, 2.24) is 14.9 Å². The van der Waals surface area contributed by atoms with E-state index in [0.29, 0.717) is 18.3 Å². The minimum absolute atomic E-state index is 0.0326. The van der Waals surface area contributed by atoms with E-state index in [2.05, 4.69) is 53.3 Å². The van der Waals surface area contributed by atoms with Crippen LogP contribution in [-0.2, 0) is 17.8 Å². The number of ether oxygens (including phenoxy) is 1. The molecule has 0 spiro atoms. The van der Waals surface area contributed by atoms with Crippen molar-refractivity contribution in [2.24, 2.45) is 0 Å². The Morgan fingerprint density at radius 1 is 1.05 bits per heavy atom. The predicted molar refractivity (Wildman–Crippen MR) is 162 cm³/mol. The largest absolute Gasteiger partial charge is 0.511 e. The number of nitrogens with zero attached hydrogens (tertiary/aromatic N) is 2. The summed E-state index contributed by atoms with van der Waals surface area (Å²) in [6.45, 7) is 5.10. The molecule has 8 heteroatoms. The lowest BCUT2D eigenvalue weighted by molar-refractivity contribution is -0.120. The van der Waals surface area contributed by atoms with Crippen molar-refractivity contribution in [3.63, 3.8) is 0 Å². The lowest BCUT2D eigenvalue weighted by atomic mass is 9.95. The first-order valence-corrected chi connectivity index (χ1v) is 14.5. The van der Waals surface area contributed by atoms with Gasteiger partial charge in [0.25, 0.3) is 0 Å². The van der Waals surface area contributed by atoms with Gasteiger partial charge in [0.2, 0.25) is 5.91 Å². The van der Waals surface area contributed by atoms with Crippen molar-refractivity contribution >= 4 is 28.8 Å². The Balaban J connectivity index is 1.36. The lowest BCUT2D eigenvalue weighted by Crippen LogP contribution is -2.39. The van der Waals surface area contributed by atoms with Gasteiger partial charge in [-0.25, -0.2) is 9.78 Å². The molecular weight excluding hydrogens is 516 g/mol. The summed E-state index contributed by atoms with van der Waals surface area (Å²) in [5, 5.41) is 15.6. The van der Waals surface area contributed by atoms with Gasteiger partial charge in [-0.2, -0.15) is 0 Å². The summed E-state index contributed by atoms with van der Waals surface area (Å²) in [5.74, 6) is 1.37. The molecule has 1 aliphatic rings. The van der Waals surface area contributed by atoms with Crippen LogP contribution in [0.3, 0.4) is 0 Å². The molecule has 1 aromatic heterocycles. The molecule has 0 bridgehead atoms. The number of aromatic nitrogens is 2. The Morgan fingerprint density at radius 2 is 1.80 bits per heavy atom. The van der Waals surface area contributed by atoms with Crippen LogP contribution in [0.25, 0.3) is 22.2 Å². The van der Waals surface area contributed by atoms with Crippen LogP contribution in [0.4, 0.5) is 10.5 Å². The number of carboxylic acid groups (broad SMARTS) is 1. The van der Waals surface area contributed by atoms with Crippen LogP contribution in [-0.4, -0.2) is 39.3 Å². The Hall–Kier alpha value is -4.33. The third-order valence-electron chi connectivity index (χ3n) is 7.71. The van der Waals surface area contributed by atoms with Crippen LogP contribution in [0, 0.1) is 6.92 Å². The molecule has 0 saturated heterocycles. The Kier molecular flexibility index (Phi) is 8.87. The highest BCUT2D eigenvalue weighted by atomic mass is 16.7. The third-order valence-corrected chi connectivity index (χ3v) is 7.71. The number of amides is 1. The normalized spacial score (nSPS) is 13.7. The monoisotopic (exact) mass is 554 g/mol. The van der Waals surface area contributed by atoms with Gasteiger partial charge in [0.05, 0.1) is 17.6 Å². The highest BCUT2D eigenvalue weighted by molar-refractivity contribution is 5.86. The molecule has 0 unspecified atom stereocenters. The van der Waals surface area contributed by atoms with E-state index in [4.69, 9.17) is 14.8 Å². The zero-order chi connectivity index (χ0) is 28.8. The molecule has 1 heterocycles. The van der Waals surface area contributed by atoms with Crippen molar-refractivity contribution in [2.75, 3.05) is 11.9 Å². The number of aryl methyl sites for hydroxylation is 2. The molecule has 1 aliphatic carbocycles. The zero-order valence-corrected chi connectivity index (χ0v) is 23.8. The fourth-order valence-corrected chi connectivity index (χ4v) is 5.70. The summed E-state index contributed by atoms with van der Waals surface area (Å²) in [4.78, 5) is 28.7. The zero-order valence-electron chi connectivity index (χ0n) is 23.8. The molecule has 0 atom stereocenters. The number of carbonyl (C=O) groups is 2. The molecule has 4 aromatic rings. The highest BCUT2D eigenvalue weighted by Crippen LogP contribution is 2.31. The lowest BCUT2D eigenvalue weighted by Gasteiger charge is -2.23. The number of para-hydroxylation sites is 1. The van der Waals surface area contributed by atoms with E-state index in [1.807, 2.05) is 24.3 Å². The van der Waals surface area contributed by atoms with Crippen LogP contribution in [0.2, 0.25) is 0 Å². The van der Waals surface area contributed by atoms with Gasteiger partial charge < -0.3 is 25.0 Å². The molecule has 1 fully saturated rings. The predicted octanol–water partition coefficient (Wildman–Crippen LogP) is 6.93. The fraction of sp³-hybridized carbons (Fsp3) is 0.364. The SMILES string of the molecule is CCCc1nc2c(C)cc(NCC(=O)NC3CCCCC3)cc2n1Cc1ccc(-c2ccccc2OC(=O)O)cc1. The van der Waals surface area contributed by atoms with Crippen molar-refractivity contribution < 1.29 is 19.4 Å². The van der Waals surface area contributed by atoms with Gasteiger partial charge in [0, 0.05) is 30.3 Å². The van der Waals surface area contributed by atoms with Crippen LogP contribution in [0.5, 0.6) is 5.75 Å². The van der Waals surface area contributed by atoms with Gasteiger partial charge >= 0.3 is 6.16 Å². The number of nitrogens with one attached hydrogen (secondary N) is 2. The van der Waals surface area contributed by atoms with Gasteiger partial charge in [-0.15, -0.1) is 0 Å². The first kappa shape index (κ1) is 28.2. The van der Waals surface area contributed by atoms with Crippen LogP contribution >= 0.6 is 0 Å². The number of imidazole rings is 1. The van der Waals surface area contributed by atoms with E-state index in [-0.39, 0.29) is 12.5 Å². The minimum atomic E-state index is -1.33. The summed E-state index contributed by atoms with van der Waals surface area (Å²) in [6, 6.07) is 19.7. The maximum atomic E-state index is 12.6. The van der Waals surface area contributed by atoms with E-state index in [0.717, 1.165) is 70.5 Å². The molecule has 3 aromatic carbocycles. The molecule has 8 nitrogen and oxygen atoms in total. The molecule has 1 amide bonds. The van der Waals surface area contributed by atoms with Crippen LogP contribution in [0.1, 0.15) is 62.4 Å². The fourth-order valence-electron chi connectivity index (χ4n) is 5.70. The second kappa shape index (κ2) is 12.9. The highest BCUT2D eigenvalue weighted by Gasteiger charge is 2.17. The van der Waals surface area contributed by atoms with Gasteiger partial charge in [0.1, 0.15) is 11.6 Å². The molecule has 41 heavy (non-hydrogen) atoms. The van der Waals surface area contributed by atoms with Crippen molar-refractivity contribution in [1.29, 1.82) is 0 Å². The molecule has 3 N–H and O–H groups in total. The maximum Gasteiger partial charge on any atom is 0.511 e. The number of rotatable bonds is 10. The van der Waals surface area contributed by atoms with Crippen LogP contribution < -0.4 is 15.4 Å². The molecule has 0 aliphatic heterocycles. The topological polar surface area (TPSA) is 105 Å². The van der Waals surface area contributed by atoms with E-state index in [9.17, 15) is 9.59 Å². The van der Waals surface area contributed by atoms with E-state index in [1.54, 1.807) is 12.1 Å². The Labute approximate surface area is 240 Å². The Morgan fingerprint density at radius 3 is 2.54 bits per heavy atom. The quantitative estimate of drug-likeness (QED) is 0.145. The molecule has 1 saturated carbocycles. The van der Waals surface area contributed by atoms with Crippen molar-refractivity contribution in [2.45, 2.75) is 71.4 Å². The molecular formula is C33H38N4O4. The van der Waals surface area contributed by atoms with E-state index >= 15 is 0 Å². The standard InChI is InChI=1S/C33H38N4O4/c1-3-9-30-36-32-22(2)18-26(34-20-31(38)35-25-10-5-4-6-11-25)19-28(32)37(30)21-23-14-16-24(17-15-23)27-12-7-8-13-29(27)41-33(39)40/h7-8,12-19,25,34H,3-6,9-11,20-21H2,1-2H3,(H,35,38)(H,39,40). The summed E-state index contributed by atoms with van der Waals surface area (Å²) in [6.07, 6.45) is 6.28. The number of benzene rings is 3. The van der Waals surface area contributed by atoms with Gasteiger partial charge in [-0.05, 0) is 61.1 Å². The molecule has 0 radical (unpaired) electrons.